The van der Waals surface area contributed by atoms with Crippen LogP contribution in [0.5, 0.6) is 0 Å². The van der Waals surface area contributed by atoms with Gasteiger partial charge >= 0.3 is 0 Å². The number of benzene rings is 1. The Morgan fingerprint density at radius 1 is 1.29 bits per heavy atom. The monoisotopic (exact) mass is 191 g/mol. The van der Waals surface area contributed by atoms with Crippen LogP contribution in [-0.2, 0) is 24.5 Å². The quantitative estimate of drug-likeness (QED) is 0.737. The number of fused-ring (bicyclic) bond motifs is 1. The molecule has 0 aromatic heterocycles. The number of ether oxygens (including phenoxy) is 1. The molecule has 0 spiro atoms. The van der Waals surface area contributed by atoms with Crippen LogP contribution in [0, 0.1) is 0 Å². The average molecular weight is 191 g/mol. The smallest absolute Gasteiger partial charge is 0.0725 e. The molecule has 1 aromatic carbocycles. The first-order chi connectivity index (χ1) is 6.90. The molecule has 0 atom stereocenters. The zero-order chi connectivity index (χ0) is 9.80. The van der Waals surface area contributed by atoms with Gasteiger partial charge in [0.1, 0.15) is 0 Å². The standard InChI is InChI=1S/C12H17NO/c1-2-5-13-7-10-3-4-11-8-14-9-12(11)6-10/h3-4,6,13H,2,5,7-9H2,1H3. The first-order valence-corrected chi connectivity index (χ1v) is 5.29. The highest BCUT2D eigenvalue weighted by Crippen LogP contribution is 2.20. The highest BCUT2D eigenvalue weighted by atomic mass is 16.5. The summed E-state index contributed by atoms with van der Waals surface area (Å²) in [6, 6.07) is 6.63. The Balaban J connectivity index is 1.98. The van der Waals surface area contributed by atoms with Gasteiger partial charge < -0.3 is 10.1 Å². The maximum atomic E-state index is 5.38. The number of hydrogen-bond donors (Lipinski definition) is 1. The Morgan fingerprint density at radius 2 is 2.14 bits per heavy atom. The van der Waals surface area contributed by atoms with Crippen molar-refractivity contribution < 1.29 is 4.74 Å². The van der Waals surface area contributed by atoms with Gasteiger partial charge in [0.05, 0.1) is 13.2 Å². The molecular formula is C12H17NO. The van der Waals surface area contributed by atoms with Crippen LogP contribution < -0.4 is 5.32 Å². The normalized spacial score (nSPS) is 14.4. The Morgan fingerprint density at radius 3 is 3.00 bits per heavy atom. The topological polar surface area (TPSA) is 21.3 Å². The molecule has 2 rings (SSSR count). The molecule has 0 saturated heterocycles. The van der Waals surface area contributed by atoms with Crippen molar-refractivity contribution in [2.75, 3.05) is 6.54 Å². The Hall–Kier alpha value is -0.860. The molecule has 2 nitrogen and oxygen atoms in total. The van der Waals surface area contributed by atoms with Crippen LogP contribution in [0.15, 0.2) is 18.2 Å². The van der Waals surface area contributed by atoms with E-state index in [0.29, 0.717) is 0 Å². The van der Waals surface area contributed by atoms with E-state index in [1.807, 2.05) is 0 Å². The van der Waals surface area contributed by atoms with E-state index < -0.39 is 0 Å². The van der Waals surface area contributed by atoms with Gasteiger partial charge in [0.25, 0.3) is 0 Å². The molecule has 1 heterocycles. The van der Waals surface area contributed by atoms with E-state index in [0.717, 1.165) is 26.3 Å². The van der Waals surface area contributed by atoms with Crippen LogP contribution in [0.1, 0.15) is 30.0 Å². The van der Waals surface area contributed by atoms with Crippen LogP contribution in [0.4, 0.5) is 0 Å². The minimum Gasteiger partial charge on any atom is -0.372 e. The van der Waals surface area contributed by atoms with Gasteiger partial charge in [-0.3, -0.25) is 0 Å². The molecule has 2 heteroatoms. The second-order valence-electron chi connectivity index (χ2n) is 3.77. The first-order valence-electron chi connectivity index (χ1n) is 5.29. The number of rotatable bonds is 4. The maximum Gasteiger partial charge on any atom is 0.0725 e. The lowest BCUT2D eigenvalue weighted by Crippen LogP contribution is -2.13. The summed E-state index contributed by atoms with van der Waals surface area (Å²) in [7, 11) is 0. The Kier molecular flexibility index (Phi) is 3.17. The van der Waals surface area contributed by atoms with Crippen LogP contribution in [0.2, 0.25) is 0 Å². The van der Waals surface area contributed by atoms with E-state index in [4.69, 9.17) is 4.74 Å². The van der Waals surface area contributed by atoms with E-state index in [1.54, 1.807) is 0 Å². The lowest BCUT2D eigenvalue weighted by Gasteiger charge is -2.04. The van der Waals surface area contributed by atoms with Crippen LogP contribution >= 0.6 is 0 Å². The molecular weight excluding hydrogens is 174 g/mol. The van der Waals surface area contributed by atoms with Crippen molar-refractivity contribution >= 4 is 0 Å². The fraction of sp³-hybridized carbons (Fsp3) is 0.500. The van der Waals surface area contributed by atoms with Gasteiger partial charge in [0.15, 0.2) is 0 Å². The lowest BCUT2D eigenvalue weighted by atomic mass is 10.1. The molecule has 14 heavy (non-hydrogen) atoms. The van der Waals surface area contributed by atoms with Crippen LogP contribution in [0.25, 0.3) is 0 Å². The predicted octanol–water partition coefficient (Wildman–Crippen LogP) is 2.22. The van der Waals surface area contributed by atoms with Crippen molar-refractivity contribution in [1.82, 2.24) is 5.32 Å². The molecule has 1 N–H and O–H groups in total. The Labute approximate surface area is 85.3 Å². The summed E-state index contributed by atoms with van der Waals surface area (Å²) in [5.74, 6) is 0. The summed E-state index contributed by atoms with van der Waals surface area (Å²) in [5, 5.41) is 3.40. The average Bonchev–Trinajstić information content (AvgIpc) is 2.65. The lowest BCUT2D eigenvalue weighted by molar-refractivity contribution is 0.134. The van der Waals surface area contributed by atoms with Crippen molar-refractivity contribution in [1.29, 1.82) is 0 Å². The second-order valence-corrected chi connectivity index (χ2v) is 3.77. The van der Waals surface area contributed by atoms with Gasteiger partial charge in [-0.1, -0.05) is 25.1 Å². The maximum absolute atomic E-state index is 5.38. The molecule has 0 saturated carbocycles. The summed E-state index contributed by atoms with van der Waals surface area (Å²) in [5.41, 5.74) is 4.08. The molecule has 76 valence electrons. The summed E-state index contributed by atoms with van der Waals surface area (Å²) < 4.78 is 5.38. The zero-order valence-electron chi connectivity index (χ0n) is 8.68. The third-order valence-corrected chi connectivity index (χ3v) is 2.54. The number of nitrogens with one attached hydrogen (secondary N) is 1. The van der Waals surface area contributed by atoms with Gasteiger partial charge in [-0.2, -0.15) is 0 Å². The minimum atomic E-state index is 0.789. The van der Waals surface area contributed by atoms with Crippen molar-refractivity contribution in [2.45, 2.75) is 33.1 Å². The summed E-state index contributed by atoms with van der Waals surface area (Å²) in [6.07, 6.45) is 1.19. The fourth-order valence-electron chi connectivity index (χ4n) is 1.74. The van der Waals surface area contributed by atoms with Crippen LogP contribution in [-0.4, -0.2) is 6.54 Å². The van der Waals surface area contributed by atoms with Gasteiger partial charge in [0, 0.05) is 6.54 Å². The molecule has 0 amide bonds. The van der Waals surface area contributed by atoms with E-state index >= 15 is 0 Å². The molecule has 1 aliphatic heterocycles. The van der Waals surface area contributed by atoms with Crippen LogP contribution in [0.3, 0.4) is 0 Å². The summed E-state index contributed by atoms with van der Waals surface area (Å²) >= 11 is 0. The van der Waals surface area contributed by atoms with E-state index in [2.05, 4.69) is 30.4 Å². The van der Waals surface area contributed by atoms with Crippen molar-refractivity contribution in [3.63, 3.8) is 0 Å². The molecule has 0 bridgehead atoms. The minimum absolute atomic E-state index is 0.789. The molecule has 1 aromatic rings. The van der Waals surface area contributed by atoms with E-state index in [1.165, 1.54) is 23.1 Å². The van der Waals surface area contributed by atoms with Crippen molar-refractivity contribution in [2.24, 2.45) is 0 Å². The molecule has 0 unspecified atom stereocenters. The largest absolute Gasteiger partial charge is 0.372 e. The van der Waals surface area contributed by atoms with Gasteiger partial charge in [-0.25, -0.2) is 0 Å². The predicted molar refractivity (Wildman–Crippen MR) is 56.9 cm³/mol. The Bertz CT molecular complexity index is 309. The van der Waals surface area contributed by atoms with Gasteiger partial charge in [0.2, 0.25) is 0 Å². The molecule has 0 radical (unpaired) electrons. The summed E-state index contributed by atoms with van der Waals surface area (Å²) in [4.78, 5) is 0. The third-order valence-electron chi connectivity index (χ3n) is 2.54. The molecule has 0 aliphatic carbocycles. The molecule has 1 aliphatic rings. The van der Waals surface area contributed by atoms with Crippen molar-refractivity contribution in [3.8, 4) is 0 Å². The van der Waals surface area contributed by atoms with Crippen molar-refractivity contribution in [3.05, 3.63) is 34.9 Å². The van der Waals surface area contributed by atoms with E-state index in [9.17, 15) is 0 Å². The summed E-state index contributed by atoms with van der Waals surface area (Å²) in [6.45, 7) is 5.83. The van der Waals surface area contributed by atoms with E-state index in [-0.39, 0.29) is 0 Å². The molecule has 0 fully saturated rings. The highest BCUT2D eigenvalue weighted by molar-refractivity contribution is 5.33. The fourth-order valence-corrected chi connectivity index (χ4v) is 1.74. The second kappa shape index (κ2) is 4.58. The third kappa shape index (κ3) is 2.14. The number of hydrogen-bond acceptors (Lipinski definition) is 2. The first kappa shape index (κ1) is 9.69. The van der Waals surface area contributed by atoms with Gasteiger partial charge in [-0.15, -0.1) is 0 Å². The van der Waals surface area contributed by atoms with Gasteiger partial charge in [-0.05, 0) is 29.7 Å². The highest BCUT2D eigenvalue weighted by Gasteiger charge is 2.10. The SMILES string of the molecule is CCCNCc1ccc2c(c1)COC2. The zero-order valence-corrected chi connectivity index (χ0v) is 8.68.